The van der Waals surface area contributed by atoms with Crippen molar-refractivity contribution in [3.8, 4) is 11.5 Å². The Morgan fingerprint density at radius 1 is 1.33 bits per heavy atom. The van der Waals surface area contributed by atoms with E-state index in [1.165, 1.54) is 12.1 Å². The first-order valence-electron chi connectivity index (χ1n) is 3.87. The Morgan fingerprint density at radius 3 is 2.53 bits per heavy atom. The van der Waals surface area contributed by atoms with Crippen LogP contribution in [0, 0.1) is 7.11 Å². The Labute approximate surface area is 83.4 Å². The van der Waals surface area contributed by atoms with Crippen LogP contribution in [0.1, 0.15) is 0 Å². The Hall–Kier alpha value is -1.46. The summed E-state index contributed by atoms with van der Waals surface area (Å²) in [6.45, 7) is 0. The minimum atomic E-state index is -4.50. The lowest BCUT2D eigenvalue weighted by molar-refractivity contribution is -0.253. The van der Waals surface area contributed by atoms with Crippen LogP contribution in [-0.4, -0.2) is 17.3 Å². The molecule has 0 spiro atoms. The largest absolute Gasteiger partial charge is 0.722 e. The van der Waals surface area contributed by atoms with Crippen LogP contribution in [0.5, 0.6) is 11.5 Å². The van der Waals surface area contributed by atoms with Crippen molar-refractivity contribution >= 4 is 0 Å². The van der Waals surface area contributed by atoms with Crippen molar-refractivity contribution < 1.29 is 27.0 Å². The molecule has 6 heteroatoms. The molecule has 0 radical (unpaired) electrons. The first-order chi connectivity index (χ1) is 6.95. The maximum atomic E-state index is 12.4. The van der Waals surface area contributed by atoms with Crippen molar-refractivity contribution in [2.75, 3.05) is 0 Å². The summed E-state index contributed by atoms with van der Waals surface area (Å²) in [5, 5.41) is 0. The lowest BCUT2D eigenvalue weighted by Crippen LogP contribution is -2.33. The highest BCUT2D eigenvalue weighted by Crippen LogP contribution is 2.29. The van der Waals surface area contributed by atoms with E-state index in [1.807, 2.05) is 0 Å². The molecule has 0 bridgehead atoms. The maximum absolute atomic E-state index is 12.4. The normalized spacial score (nSPS) is 11.6. The van der Waals surface area contributed by atoms with Gasteiger partial charge >= 0.3 is 12.5 Å². The van der Waals surface area contributed by atoms with Gasteiger partial charge in [0.15, 0.2) is 0 Å². The molecule has 0 saturated carbocycles. The SMILES string of the molecule is [CH2-][OH+]c1cccc(OC(F)(F)C(F)F)c1. The van der Waals surface area contributed by atoms with Gasteiger partial charge in [0, 0.05) is 6.07 Å². The van der Waals surface area contributed by atoms with Crippen LogP contribution in [0.25, 0.3) is 0 Å². The highest BCUT2D eigenvalue weighted by Gasteiger charge is 2.44. The third-order valence-corrected chi connectivity index (χ3v) is 1.51. The van der Waals surface area contributed by atoms with Crippen LogP contribution in [0.15, 0.2) is 24.3 Å². The third-order valence-electron chi connectivity index (χ3n) is 1.51. The van der Waals surface area contributed by atoms with Crippen molar-refractivity contribution in [1.82, 2.24) is 0 Å². The van der Waals surface area contributed by atoms with E-state index in [1.54, 1.807) is 0 Å². The Balaban J connectivity index is 2.80. The zero-order valence-electron chi connectivity index (χ0n) is 7.46. The highest BCUT2D eigenvalue weighted by atomic mass is 19.3. The van der Waals surface area contributed by atoms with Crippen LogP contribution in [-0.2, 0) is 0 Å². The Kier molecular flexibility index (Phi) is 3.39. The van der Waals surface area contributed by atoms with Gasteiger partial charge in [0.2, 0.25) is 5.75 Å². The molecule has 0 amide bonds. The summed E-state index contributed by atoms with van der Waals surface area (Å²) in [6, 6.07) is 5.04. The summed E-state index contributed by atoms with van der Waals surface area (Å²) in [7, 11) is 3.16. The van der Waals surface area contributed by atoms with E-state index in [4.69, 9.17) is 0 Å². The quantitative estimate of drug-likeness (QED) is 0.438. The predicted molar refractivity (Wildman–Crippen MR) is 45.0 cm³/mol. The van der Waals surface area contributed by atoms with Gasteiger partial charge in [-0.3, -0.25) is 0 Å². The summed E-state index contributed by atoms with van der Waals surface area (Å²) in [5.74, 6) is -0.122. The first kappa shape index (κ1) is 11.6. The van der Waals surface area contributed by atoms with Crippen molar-refractivity contribution in [1.29, 1.82) is 0 Å². The second-order valence-corrected chi connectivity index (χ2v) is 2.62. The van der Waals surface area contributed by atoms with Crippen LogP contribution in [0.3, 0.4) is 0 Å². The van der Waals surface area contributed by atoms with E-state index in [0.29, 0.717) is 0 Å². The molecule has 1 aromatic rings. The Bertz CT molecular complexity index is 328. The predicted octanol–water partition coefficient (Wildman–Crippen LogP) is 2.96. The third kappa shape index (κ3) is 3.00. The Morgan fingerprint density at radius 2 is 2.00 bits per heavy atom. The van der Waals surface area contributed by atoms with Gasteiger partial charge in [0.05, 0.1) is 6.07 Å². The number of halogens is 4. The molecule has 1 N–H and O–H groups in total. The maximum Gasteiger partial charge on any atom is 0.461 e. The number of hydrogen-bond acceptors (Lipinski definition) is 1. The molecule has 1 aromatic carbocycles. The molecule has 0 aliphatic carbocycles. The molecular formula is C9H8F4O2. The lowest BCUT2D eigenvalue weighted by Gasteiger charge is -2.16. The smallest absolute Gasteiger partial charge is 0.461 e. The topological polar surface area (TPSA) is 22.0 Å². The molecule has 0 saturated heterocycles. The van der Waals surface area contributed by atoms with Crippen molar-refractivity contribution in [2.45, 2.75) is 12.5 Å². The van der Waals surface area contributed by atoms with Gasteiger partial charge in [-0.15, -0.1) is 0 Å². The molecule has 0 aromatic heterocycles. The molecule has 0 aliphatic rings. The fourth-order valence-electron chi connectivity index (χ4n) is 0.847. The van der Waals surface area contributed by atoms with E-state index in [9.17, 15) is 17.6 Å². The van der Waals surface area contributed by atoms with Gasteiger partial charge in [-0.2, -0.15) is 17.6 Å². The molecule has 0 atom stereocenters. The monoisotopic (exact) mass is 224 g/mol. The van der Waals surface area contributed by atoms with Gasteiger partial charge in [-0.25, -0.2) is 0 Å². The second-order valence-electron chi connectivity index (χ2n) is 2.62. The zero-order chi connectivity index (χ0) is 11.5. The summed E-state index contributed by atoms with van der Waals surface area (Å²) < 4.78 is 55.7. The van der Waals surface area contributed by atoms with Crippen molar-refractivity contribution in [3.05, 3.63) is 31.4 Å². The molecule has 2 nitrogen and oxygen atoms in total. The molecule has 0 aliphatic heterocycles. The molecular weight excluding hydrogens is 216 g/mol. The molecule has 1 rings (SSSR count). The van der Waals surface area contributed by atoms with E-state index >= 15 is 0 Å². The summed E-state index contributed by atoms with van der Waals surface area (Å²) in [6.07, 6.45) is -8.38. The number of rotatable bonds is 4. The number of alkyl halides is 4. The van der Waals surface area contributed by atoms with Gasteiger partial charge in [0.25, 0.3) is 0 Å². The van der Waals surface area contributed by atoms with Crippen molar-refractivity contribution in [3.63, 3.8) is 0 Å². The van der Waals surface area contributed by atoms with Crippen LogP contribution < -0.4 is 4.74 Å². The number of benzene rings is 1. The number of aliphatic hydroxyl groups is 1. The molecule has 0 heterocycles. The average molecular weight is 224 g/mol. The van der Waals surface area contributed by atoms with E-state index in [0.717, 1.165) is 12.1 Å². The van der Waals surface area contributed by atoms with Gasteiger partial charge in [-0.1, -0.05) is 0 Å². The van der Waals surface area contributed by atoms with Gasteiger partial charge < -0.3 is 9.47 Å². The van der Waals surface area contributed by atoms with Crippen LogP contribution >= 0.6 is 0 Å². The number of aromatic hydroxyl groups is 1. The summed E-state index contributed by atoms with van der Waals surface area (Å²) in [5.41, 5.74) is 0. The first-order valence-corrected chi connectivity index (χ1v) is 3.87. The minimum absolute atomic E-state index is 0.262. The zero-order valence-corrected chi connectivity index (χ0v) is 7.46. The molecule has 0 unspecified atom stereocenters. The highest BCUT2D eigenvalue weighted by molar-refractivity contribution is 5.32. The fourth-order valence-corrected chi connectivity index (χ4v) is 0.847. The van der Waals surface area contributed by atoms with Crippen molar-refractivity contribution in [2.24, 2.45) is 0 Å². The average Bonchev–Trinajstić information content (AvgIpc) is 2.17. The second kappa shape index (κ2) is 4.37. The van der Waals surface area contributed by atoms with Crippen LogP contribution in [0.4, 0.5) is 17.6 Å². The van der Waals surface area contributed by atoms with Crippen LogP contribution in [0.2, 0.25) is 0 Å². The molecule has 15 heavy (non-hydrogen) atoms. The lowest BCUT2D eigenvalue weighted by atomic mass is 10.3. The number of hydrogen-bond donors (Lipinski definition) is 0. The summed E-state index contributed by atoms with van der Waals surface area (Å²) in [4.78, 5) is 0. The standard InChI is InChI=1S/C9H8F4O2/c1-14-6-3-2-4-7(5-6)15-9(12,13)8(10)11/h2-5,8,14H,1H2. The molecule has 0 fully saturated rings. The van der Waals surface area contributed by atoms with E-state index < -0.39 is 12.5 Å². The summed E-state index contributed by atoms with van der Waals surface area (Å²) >= 11 is 0. The van der Waals surface area contributed by atoms with E-state index in [2.05, 4.69) is 16.6 Å². The van der Waals surface area contributed by atoms with Gasteiger partial charge in [-0.05, 0) is 19.2 Å². The van der Waals surface area contributed by atoms with E-state index in [-0.39, 0.29) is 11.5 Å². The van der Waals surface area contributed by atoms with Gasteiger partial charge in [0.1, 0.15) is 5.75 Å². The molecule has 84 valence electrons. The number of ether oxygens (including phenoxy) is 2. The fraction of sp³-hybridized carbons (Fsp3) is 0.222. The minimum Gasteiger partial charge on any atom is -0.722 e.